The van der Waals surface area contributed by atoms with E-state index < -0.39 is 12.1 Å². The molecule has 0 aromatic carbocycles. The number of rotatable bonds is 4. The molecule has 0 aromatic heterocycles. The highest BCUT2D eigenvalue weighted by Gasteiger charge is 2.19. The van der Waals surface area contributed by atoms with E-state index in [1.165, 1.54) is 0 Å². The maximum absolute atomic E-state index is 10.4. The first-order chi connectivity index (χ1) is 7.08. The molecule has 2 atom stereocenters. The van der Waals surface area contributed by atoms with Gasteiger partial charge >= 0.3 is 5.97 Å². The van der Waals surface area contributed by atoms with Crippen molar-refractivity contribution in [3.8, 4) is 0 Å². The van der Waals surface area contributed by atoms with Crippen LogP contribution in [0.5, 0.6) is 0 Å². The number of carboxylic acid groups (broad SMARTS) is 1. The van der Waals surface area contributed by atoms with Gasteiger partial charge in [-0.1, -0.05) is 0 Å². The van der Waals surface area contributed by atoms with Gasteiger partial charge in [-0.15, -0.1) is 0 Å². The molecule has 0 aliphatic carbocycles. The lowest BCUT2D eigenvalue weighted by atomic mass is 10.2. The molecule has 1 heterocycles. The van der Waals surface area contributed by atoms with E-state index in [0.717, 1.165) is 26.1 Å². The quantitative estimate of drug-likeness (QED) is 0.690. The van der Waals surface area contributed by atoms with Crippen LogP contribution in [0.25, 0.3) is 0 Å². The normalized spacial score (nSPS) is 25.9. The minimum Gasteiger partial charge on any atom is -0.481 e. The topological polar surface area (TPSA) is 70.0 Å². The first-order valence-corrected chi connectivity index (χ1v) is 5.31. The van der Waals surface area contributed by atoms with Gasteiger partial charge in [0.1, 0.15) is 0 Å². The fraction of sp³-hybridized carbons (Fsp3) is 0.900. The van der Waals surface area contributed by atoms with E-state index in [1.807, 2.05) is 6.92 Å². The summed E-state index contributed by atoms with van der Waals surface area (Å²) in [5.41, 5.74) is 0. The van der Waals surface area contributed by atoms with Crippen LogP contribution in [-0.2, 0) is 9.53 Å². The van der Waals surface area contributed by atoms with Crippen LogP contribution in [0.4, 0.5) is 0 Å². The highest BCUT2D eigenvalue weighted by atomic mass is 16.5. The molecule has 5 heteroatoms. The summed E-state index contributed by atoms with van der Waals surface area (Å²) in [6, 6.07) is 0. The Kier molecular flexibility index (Phi) is 5.01. The van der Waals surface area contributed by atoms with Crippen LogP contribution < -0.4 is 0 Å². The SMILES string of the molecule is CC1CN(CC(O)CC(=O)O)CCCO1. The van der Waals surface area contributed by atoms with Crippen LogP contribution in [0, 0.1) is 0 Å². The number of hydrogen-bond donors (Lipinski definition) is 2. The Morgan fingerprint density at radius 3 is 3.07 bits per heavy atom. The van der Waals surface area contributed by atoms with Crippen LogP contribution in [0.15, 0.2) is 0 Å². The monoisotopic (exact) mass is 217 g/mol. The van der Waals surface area contributed by atoms with Crippen molar-refractivity contribution in [1.29, 1.82) is 0 Å². The third kappa shape index (κ3) is 5.11. The first kappa shape index (κ1) is 12.4. The van der Waals surface area contributed by atoms with Crippen LogP contribution >= 0.6 is 0 Å². The molecule has 1 fully saturated rings. The summed E-state index contributed by atoms with van der Waals surface area (Å²) in [5.74, 6) is -0.957. The van der Waals surface area contributed by atoms with Crippen LogP contribution in [0.3, 0.4) is 0 Å². The molecule has 2 N–H and O–H groups in total. The van der Waals surface area contributed by atoms with Crippen LogP contribution in [-0.4, -0.2) is 59.5 Å². The maximum atomic E-state index is 10.4. The van der Waals surface area contributed by atoms with Crippen molar-refractivity contribution >= 4 is 5.97 Å². The van der Waals surface area contributed by atoms with Gasteiger partial charge < -0.3 is 14.9 Å². The Hall–Kier alpha value is -0.650. The summed E-state index contributed by atoms with van der Waals surface area (Å²) >= 11 is 0. The van der Waals surface area contributed by atoms with Crippen molar-refractivity contribution in [2.45, 2.75) is 32.0 Å². The maximum Gasteiger partial charge on any atom is 0.306 e. The Morgan fingerprint density at radius 2 is 2.40 bits per heavy atom. The van der Waals surface area contributed by atoms with E-state index in [2.05, 4.69) is 4.90 Å². The number of aliphatic hydroxyl groups is 1. The number of ether oxygens (including phenoxy) is 1. The summed E-state index contributed by atoms with van der Waals surface area (Å²) in [4.78, 5) is 12.4. The molecule has 0 spiro atoms. The van der Waals surface area contributed by atoms with E-state index in [-0.39, 0.29) is 12.5 Å². The molecule has 0 saturated carbocycles. The molecule has 0 aromatic rings. The fourth-order valence-corrected chi connectivity index (χ4v) is 1.81. The Labute approximate surface area is 89.6 Å². The third-order valence-corrected chi connectivity index (χ3v) is 2.42. The number of nitrogens with zero attached hydrogens (tertiary/aromatic N) is 1. The number of β-amino-alcohol motifs (C(OH)–C–C–N with tert-alkyl or cyclic N) is 1. The lowest BCUT2D eigenvalue weighted by Crippen LogP contribution is -2.37. The van der Waals surface area contributed by atoms with Gasteiger partial charge in [0.2, 0.25) is 0 Å². The van der Waals surface area contributed by atoms with E-state index in [4.69, 9.17) is 9.84 Å². The summed E-state index contributed by atoms with van der Waals surface area (Å²) in [6.07, 6.45) is 0.118. The first-order valence-electron chi connectivity index (χ1n) is 5.31. The Bertz CT molecular complexity index is 210. The lowest BCUT2D eigenvalue weighted by Gasteiger charge is -2.23. The molecule has 5 nitrogen and oxygen atoms in total. The minimum absolute atomic E-state index is 0.157. The van der Waals surface area contributed by atoms with Crippen molar-refractivity contribution in [3.63, 3.8) is 0 Å². The zero-order valence-electron chi connectivity index (χ0n) is 9.06. The van der Waals surface area contributed by atoms with E-state index >= 15 is 0 Å². The van der Waals surface area contributed by atoms with E-state index in [9.17, 15) is 9.90 Å². The molecule has 1 aliphatic rings. The fourth-order valence-electron chi connectivity index (χ4n) is 1.81. The molecule has 0 radical (unpaired) electrons. The number of carboxylic acids is 1. The molecule has 2 unspecified atom stereocenters. The smallest absolute Gasteiger partial charge is 0.306 e. The summed E-state index contributed by atoms with van der Waals surface area (Å²) in [5, 5.41) is 18.0. The van der Waals surface area contributed by atoms with Crippen LogP contribution in [0.1, 0.15) is 19.8 Å². The van der Waals surface area contributed by atoms with Gasteiger partial charge in [-0.2, -0.15) is 0 Å². The van der Waals surface area contributed by atoms with Crippen molar-refractivity contribution in [2.24, 2.45) is 0 Å². The largest absolute Gasteiger partial charge is 0.481 e. The number of hydrogen-bond acceptors (Lipinski definition) is 4. The molecule has 0 bridgehead atoms. The van der Waals surface area contributed by atoms with Crippen molar-refractivity contribution in [3.05, 3.63) is 0 Å². The van der Waals surface area contributed by atoms with Crippen LogP contribution in [0.2, 0.25) is 0 Å². The lowest BCUT2D eigenvalue weighted by molar-refractivity contribution is -0.139. The summed E-state index contributed by atoms with van der Waals surface area (Å²) in [7, 11) is 0. The molecule has 15 heavy (non-hydrogen) atoms. The zero-order valence-corrected chi connectivity index (χ0v) is 9.06. The second-order valence-corrected chi connectivity index (χ2v) is 4.05. The molecule has 1 saturated heterocycles. The number of carbonyl (C=O) groups is 1. The van der Waals surface area contributed by atoms with Gasteiger partial charge in [-0.3, -0.25) is 9.69 Å². The van der Waals surface area contributed by atoms with E-state index in [1.54, 1.807) is 0 Å². The van der Waals surface area contributed by atoms with Crippen molar-refractivity contribution in [2.75, 3.05) is 26.2 Å². The second kappa shape index (κ2) is 6.05. The average Bonchev–Trinajstić information content (AvgIpc) is 2.28. The molecular formula is C10H19NO4. The Balaban J connectivity index is 2.32. The van der Waals surface area contributed by atoms with Gasteiger partial charge in [0.15, 0.2) is 0 Å². The standard InChI is InChI=1S/C10H19NO4/c1-8-6-11(3-2-4-15-8)7-9(12)5-10(13)14/h8-9,12H,2-7H2,1H3,(H,13,14). The minimum atomic E-state index is -0.957. The predicted molar refractivity (Wildman–Crippen MR) is 54.7 cm³/mol. The summed E-state index contributed by atoms with van der Waals surface area (Å²) < 4.78 is 5.46. The molecule has 88 valence electrons. The van der Waals surface area contributed by atoms with Crippen molar-refractivity contribution < 1.29 is 19.7 Å². The van der Waals surface area contributed by atoms with E-state index in [0.29, 0.717) is 6.54 Å². The number of aliphatic carboxylic acids is 1. The number of aliphatic hydroxyl groups excluding tert-OH is 1. The molecule has 1 rings (SSSR count). The molecule has 0 amide bonds. The second-order valence-electron chi connectivity index (χ2n) is 4.05. The summed E-state index contributed by atoms with van der Waals surface area (Å²) in [6.45, 7) is 4.77. The van der Waals surface area contributed by atoms with Gasteiger partial charge in [-0.25, -0.2) is 0 Å². The predicted octanol–water partition coefficient (Wildman–Crippen LogP) is -0.0672. The van der Waals surface area contributed by atoms with Gasteiger partial charge in [-0.05, 0) is 13.3 Å². The highest BCUT2D eigenvalue weighted by Crippen LogP contribution is 2.07. The molecular weight excluding hydrogens is 198 g/mol. The Morgan fingerprint density at radius 1 is 1.67 bits per heavy atom. The van der Waals surface area contributed by atoms with Gasteiger partial charge in [0, 0.05) is 26.2 Å². The van der Waals surface area contributed by atoms with Gasteiger partial charge in [0.05, 0.1) is 18.6 Å². The average molecular weight is 217 g/mol. The van der Waals surface area contributed by atoms with Gasteiger partial charge in [0.25, 0.3) is 0 Å². The third-order valence-electron chi connectivity index (χ3n) is 2.42. The zero-order chi connectivity index (χ0) is 11.3. The highest BCUT2D eigenvalue weighted by molar-refractivity contribution is 5.67. The molecule has 1 aliphatic heterocycles. The van der Waals surface area contributed by atoms with Crippen molar-refractivity contribution in [1.82, 2.24) is 4.90 Å².